The van der Waals surface area contributed by atoms with Crippen molar-refractivity contribution in [2.75, 3.05) is 19.4 Å². The number of carbonyl (C=O) groups excluding carboxylic acids is 1. The monoisotopic (exact) mass is 519 g/mol. The van der Waals surface area contributed by atoms with Crippen molar-refractivity contribution < 1.29 is 13.2 Å². The second-order valence-corrected chi connectivity index (χ2v) is 11.4. The molecule has 0 spiro atoms. The Morgan fingerprint density at radius 3 is 2.58 bits per heavy atom. The van der Waals surface area contributed by atoms with E-state index in [0.717, 1.165) is 13.3 Å². The van der Waals surface area contributed by atoms with E-state index in [1.807, 2.05) is 19.1 Å². The molecule has 0 aliphatic rings. The first kappa shape index (κ1) is 23.7. The molecular weight excluding hydrogens is 498 g/mol. The predicted octanol–water partition coefficient (Wildman–Crippen LogP) is 3.83. The molecule has 0 radical (unpaired) electrons. The van der Waals surface area contributed by atoms with Crippen LogP contribution in [-0.2, 0) is 10.2 Å². The standard InChI is InChI=1S/C24H21N7O3S2/c1-15-7-10-21(35-15)24(32)28-23-17-12-16(8-9-19(17)26-14-27-23)18-13-31(36(33,34)30(2)3)29-22(18)20-6-4-5-11-25-20/h4-14H,1-3H3,(H,26,27,28,32). The van der Waals surface area contributed by atoms with E-state index in [0.29, 0.717) is 44.1 Å². The Balaban J connectivity index is 1.64. The van der Waals surface area contributed by atoms with Crippen LogP contribution in [0.15, 0.2) is 67.3 Å². The first-order chi connectivity index (χ1) is 17.2. The van der Waals surface area contributed by atoms with Crippen LogP contribution in [-0.4, -0.2) is 56.9 Å². The zero-order valence-electron chi connectivity index (χ0n) is 19.6. The number of aromatic nitrogens is 5. The smallest absolute Gasteiger partial charge is 0.305 e. The molecule has 0 fully saturated rings. The van der Waals surface area contributed by atoms with Crippen LogP contribution >= 0.6 is 11.3 Å². The van der Waals surface area contributed by atoms with Gasteiger partial charge in [0.1, 0.15) is 17.8 Å². The van der Waals surface area contributed by atoms with E-state index >= 15 is 0 Å². The largest absolute Gasteiger partial charge is 0.322 e. The van der Waals surface area contributed by atoms with Crippen molar-refractivity contribution in [3.63, 3.8) is 0 Å². The summed E-state index contributed by atoms with van der Waals surface area (Å²) in [4.78, 5) is 27.4. The molecule has 0 unspecified atom stereocenters. The Morgan fingerprint density at radius 1 is 1.06 bits per heavy atom. The summed E-state index contributed by atoms with van der Waals surface area (Å²) in [6, 6.07) is 14.4. The molecule has 0 saturated heterocycles. The lowest BCUT2D eigenvalue weighted by atomic mass is 10.0. The lowest BCUT2D eigenvalue weighted by Crippen LogP contribution is -2.29. The van der Waals surface area contributed by atoms with Gasteiger partial charge in [-0.15, -0.1) is 11.3 Å². The predicted molar refractivity (Wildman–Crippen MR) is 139 cm³/mol. The second kappa shape index (κ2) is 9.22. The van der Waals surface area contributed by atoms with Gasteiger partial charge in [-0.1, -0.05) is 12.1 Å². The van der Waals surface area contributed by atoms with E-state index in [2.05, 4.69) is 25.4 Å². The minimum atomic E-state index is -3.86. The number of fused-ring (bicyclic) bond motifs is 1. The van der Waals surface area contributed by atoms with Crippen molar-refractivity contribution in [3.8, 4) is 22.5 Å². The summed E-state index contributed by atoms with van der Waals surface area (Å²) < 4.78 is 27.7. The van der Waals surface area contributed by atoms with Crippen molar-refractivity contribution in [2.45, 2.75) is 6.92 Å². The van der Waals surface area contributed by atoms with Gasteiger partial charge in [-0.05, 0) is 48.9 Å². The molecule has 4 heterocycles. The summed E-state index contributed by atoms with van der Waals surface area (Å²) in [5.74, 6) is 0.0863. The van der Waals surface area contributed by atoms with Crippen LogP contribution in [0.1, 0.15) is 14.5 Å². The van der Waals surface area contributed by atoms with Crippen LogP contribution in [0.4, 0.5) is 5.82 Å². The van der Waals surface area contributed by atoms with E-state index < -0.39 is 10.2 Å². The molecule has 5 aromatic rings. The highest BCUT2D eigenvalue weighted by atomic mass is 32.2. The minimum Gasteiger partial charge on any atom is -0.305 e. The molecule has 1 amide bonds. The van der Waals surface area contributed by atoms with Gasteiger partial charge in [0.2, 0.25) is 0 Å². The normalized spacial score (nSPS) is 11.8. The number of amides is 1. The number of nitrogens with one attached hydrogen (secondary N) is 1. The van der Waals surface area contributed by atoms with Gasteiger partial charge in [0.15, 0.2) is 0 Å². The Labute approximate surface area is 211 Å². The number of hydrogen-bond donors (Lipinski definition) is 1. The molecule has 0 atom stereocenters. The summed E-state index contributed by atoms with van der Waals surface area (Å²) in [5, 5.41) is 7.84. The average Bonchev–Trinajstić information content (AvgIpc) is 3.52. The third-order valence-electron chi connectivity index (χ3n) is 5.44. The van der Waals surface area contributed by atoms with Crippen LogP contribution < -0.4 is 5.32 Å². The molecule has 5 rings (SSSR count). The quantitative estimate of drug-likeness (QED) is 0.362. The molecule has 0 bridgehead atoms. The highest BCUT2D eigenvalue weighted by Gasteiger charge is 2.23. The highest BCUT2D eigenvalue weighted by molar-refractivity contribution is 7.87. The highest BCUT2D eigenvalue weighted by Crippen LogP contribution is 2.33. The van der Waals surface area contributed by atoms with Crippen LogP contribution in [0.3, 0.4) is 0 Å². The molecule has 0 aliphatic carbocycles. The van der Waals surface area contributed by atoms with Crippen LogP contribution in [0.5, 0.6) is 0 Å². The fraction of sp³-hybridized carbons (Fsp3) is 0.125. The van der Waals surface area contributed by atoms with Crippen molar-refractivity contribution >= 4 is 44.2 Å². The molecule has 1 aromatic carbocycles. The van der Waals surface area contributed by atoms with Crippen molar-refractivity contribution in [1.29, 1.82) is 0 Å². The Hall–Kier alpha value is -4.00. The van der Waals surface area contributed by atoms with Gasteiger partial charge in [0.05, 0.1) is 22.3 Å². The molecule has 36 heavy (non-hydrogen) atoms. The third-order valence-corrected chi connectivity index (χ3v) is 8.02. The van der Waals surface area contributed by atoms with Gasteiger partial charge in [0.25, 0.3) is 5.91 Å². The minimum absolute atomic E-state index is 0.266. The van der Waals surface area contributed by atoms with Gasteiger partial charge < -0.3 is 5.32 Å². The number of pyridine rings is 1. The van der Waals surface area contributed by atoms with Crippen LogP contribution in [0.25, 0.3) is 33.4 Å². The summed E-state index contributed by atoms with van der Waals surface area (Å²) >= 11 is 1.39. The van der Waals surface area contributed by atoms with Gasteiger partial charge in [-0.2, -0.15) is 21.9 Å². The Morgan fingerprint density at radius 2 is 1.89 bits per heavy atom. The number of aryl methyl sites for hydroxylation is 1. The maximum Gasteiger partial charge on any atom is 0.322 e. The van der Waals surface area contributed by atoms with Crippen LogP contribution in [0, 0.1) is 6.92 Å². The number of rotatable bonds is 6. The van der Waals surface area contributed by atoms with Crippen molar-refractivity contribution in [1.82, 2.24) is 28.4 Å². The zero-order chi connectivity index (χ0) is 25.4. The first-order valence-corrected chi connectivity index (χ1v) is 13.0. The van der Waals surface area contributed by atoms with E-state index in [4.69, 9.17) is 0 Å². The average molecular weight is 520 g/mol. The molecule has 10 nitrogen and oxygen atoms in total. The summed E-state index contributed by atoms with van der Waals surface area (Å²) in [6.07, 6.45) is 4.46. The molecule has 182 valence electrons. The van der Waals surface area contributed by atoms with Crippen molar-refractivity contribution in [2.24, 2.45) is 0 Å². The fourth-order valence-electron chi connectivity index (χ4n) is 3.59. The number of thiophene rings is 1. The van der Waals surface area contributed by atoms with Gasteiger partial charge in [-0.25, -0.2) is 9.97 Å². The number of anilines is 1. The van der Waals surface area contributed by atoms with E-state index in [1.165, 1.54) is 38.0 Å². The third kappa shape index (κ3) is 4.37. The van der Waals surface area contributed by atoms with Gasteiger partial charge >= 0.3 is 10.2 Å². The zero-order valence-corrected chi connectivity index (χ0v) is 21.2. The lowest BCUT2D eigenvalue weighted by molar-refractivity contribution is 0.103. The molecule has 1 N–H and O–H groups in total. The Kier molecular flexibility index (Phi) is 6.08. The van der Waals surface area contributed by atoms with E-state index in [9.17, 15) is 13.2 Å². The molecule has 0 saturated carbocycles. The second-order valence-electron chi connectivity index (χ2n) is 8.09. The Bertz CT molecular complexity index is 1690. The van der Waals surface area contributed by atoms with E-state index in [1.54, 1.807) is 42.6 Å². The first-order valence-electron chi connectivity index (χ1n) is 10.8. The topological polar surface area (TPSA) is 123 Å². The van der Waals surface area contributed by atoms with Gasteiger partial charge in [-0.3, -0.25) is 9.78 Å². The molecular formula is C24H21N7O3S2. The number of carbonyl (C=O) groups is 1. The number of hydrogen-bond acceptors (Lipinski definition) is 8. The summed E-state index contributed by atoms with van der Waals surface area (Å²) in [7, 11) is -0.981. The maximum absolute atomic E-state index is 12.8. The molecule has 0 aliphatic heterocycles. The maximum atomic E-state index is 12.8. The van der Waals surface area contributed by atoms with E-state index in [-0.39, 0.29) is 5.91 Å². The van der Waals surface area contributed by atoms with Gasteiger partial charge in [0, 0.05) is 36.1 Å². The lowest BCUT2D eigenvalue weighted by Gasteiger charge is -2.10. The fourth-order valence-corrected chi connectivity index (χ4v) is 5.11. The SMILES string of the molecule is Cc1ccc(C(=O)Nc2ncnc3ccc(-c4cn(S(=O)(=O)N(C)C)nc4-c4ccccn4)cc23)s1. The summed E-state index contributed by atoms with van der Waals surface area (Å²) in [5.41, 5.74) is 2.76. The van der Waals surface area contributed by atoms with Crippen LogP contribution in [0.2, 0.25) is 0 Å². The number of benzene rings is 1. The molecule has 12 heteroatoms. The number of nitrogens with zero attached hydrogens (tertiary/aromatic N) is 6. The summed E-state index contributed by atoms with van der Waals surface area (Å²) in [6.45, 7) is 1.93. The molecule has 4 aromatic heterocycles. The van der Waals surface area contributed by atoms with Crippen molar-refractivity contribution in [3.05, 3.63) is 77.0 Å².